The van der Waals surface area contributed by atoms with Crippen molar-refractivity contribution in [1.82, 2.24) is 9.78 Å². The van der Waals surface area contributed by atoms with Gasteiger partial charge in [-0.3, -0.25) is 4.79 Å². The number of hydrogen-bond acceptors (Lipinski definition) is 6. The molecule has 31 heavy (non-hydrogen) atoms. The van der Waals surface area contributed by atoms with Gasteiger partial charge in [0.15, 0.2) is 0 Å². The minimum Gasteiger partial charge on any atom is -0.465 e. The summed E-state index contributed by atoms with van der Waals surface area (Å²) in [7, 11) is 1.28. The predicted octanol–water partition coefficient (Wildman–Crippen LogP) is 3.90. The molecule has 1 aliphatic heterocycles. The van der Waals surface area contributed by atoms with E-state index in [9.17, 15) is 9.59 Å². The van der Waals surface area contributed by atoms with Gasteiger partial charge in [0.1, 0.15) is 11.1 Å². The number of benzene rings is 2. The van der Waals surface area contributed by atoms with Crippen LogP contribution in [0.15, 0.2) is 59.5 Å². The Kier molecular flexibility index (Phi) is 6.27. The highest BCUT2D eigenvalue weighted by molar-refractivity contribution is 6.33. The molecule has 1 saturated heterocycles. The summed E-state index contributed by atoms with van der Waals surface area (Å²) < 4.78 is 11.8. The molecule has 1 unspecified atom stereocenters. The first-order valence-corrected chi connectivity index (χ1v) is 10.3. The van der Waals surface area contributed by atoms with Crippen LogP contribution in [0.5, 0.6) is 0 Å². The molecule has 2 heterocycles. The Hall–Kier alpha value is -2.87. The summed E-state index contributed by atoms with van der Waals surface area (Å²) in [6.07, 6.45) is 1.34. The molecule has 9 heteroatoms. The summed E-state index contributed by atoms with van der Waals surface area (Å²) in [5, 5.41) is 4.96. The van der Waals surface area contributed by atoms with E-state index in [0.29, 0.717) is 36.1 Å². The van der Waals surface area contributed by atoms with E-state index in [4.69, 9.17) is 32.7 Å². The Morgan fingerprint density at radius 1 is 1.13 bits per heavy atom. The molecule has 0 aliphatic carbocycles. The molecule has 2 aromatic carbocycles. The third-order valence-electron chi connectivity index (χ3n) is 5.09. The quantitative estimate of drug-likeness (QED) is 0.550. The maximum absolute atomic E-state index is 13.0. The summed E-state index contributed by atoms with van der Waals surface area (Å²) >= 11 is 12.4. The zero-order valence-corrected chi connectivity index (χ0v) is 18.1. The number of para-hydroxylation sites is 1. The number of methoxy groups -OCH3 is 1. The Labute approximate surface area is 188 Å². The van der Waals surface area contributed by atoms with Crippen molar-refractivity contribution in [3.05, 3.63) is 86.3 Å². The van der Waals surface area contributed by atoms with E-state index in [0.717, 1.165) is 10.2 Å². The van der Waals surface area contributed by atoms with Gasteiger partial charge in [-0.15, -0.1) is 0 Å². The Balaban J connectivity index is 1.66. The van der Waals surface area contributed by atoms with Crippen LogP contribution >= 0.6 is 23.2 Å². The fraction of sp³-hybridized carbons (Fsp3) is 0.227. The summed E-state index contributed by atoms with van der Waals surface area (Å²) in [5.74, 6) is -0.566. The van der Waals surface area contributed by atoms with Crippen LogP contribution in [0.3, 0.4) is 0 Å². The van der Waals surface area contributed by atoms with Gasteiger partial charge in [-0.2, -0.15) is 9.78 Å². The van der Waals surface area contributed by atoms with Gasteiger partial charge in [0.05, 0.1) is 36.9 Å². The van der Waals surface area contributed by atoms with Crippen LogP contribution in [-0.4, -0.2) is 42.6 Å². The summed E-state index contributed by atoms with van der Waals surface area (Å²) in [4.78, 5) is 27.1. The first-order chi connectivity index (χ1) is 15.0. The van der Waals surface area contributed by atoms with Crippen LogP contribution in [0.4, 0.5) is 5.69 Å². The first-order valence-electron chi connectivity index (χ1n) is 9.57. The smallest absolute Gasteiger partial charge is 0.340 e. The van der Waals surface area contributed by atoms with E-state index in [1.807, 2.05) is 29.2 Å². The standard InChI is InChI=1S/C22H19Cl2N3O4/c1-30-22(29)16-4-2-3-5-17(16)27-21(28)20(24)18(12-25-27)26-10-11-31-19(13-26)14-6-8-15(23)9-7-14/h2-9,12,19H,10-11,13H2,1H3. The number of hydrogen-bond donors (Lipinski definition) is 0. The number of carbonyl (C=O) groups is 1. The summed E-state index contributed by atoms with van der Waals surface area (Å²) in [6, 6.07) is 14.0. The zero-order chi connectivity index (χ0) is 22.0. The van der Waals surface area contributed by atoms with Crippen molar-refractivity contribution < 1.29 is 14.3 Å². The molecule has 1 aliphatic rings. The van der Waals surface area contributed by atoms with Crippen LogP contribution in [0, 0.1) is 0 Å². The Morgan fingerprint density at radius 2 is 1.87 bits per heavy atom. The molecule has 0 N–H and O–H groups in total. The number of ether oxygens (including phenoxy) is 2. The largest absolute Gasteiger partial charge is 0.465 e. The number of anilines is 1. The highest BCUT2D eigenvalue weighted by atomic mass is 35.5. The molecule has 0 radical (unpaired) electrons. The van der Waals surface area contributed by atoms with Gasteiger partial charge in [0.25, 0.3) is 5.56 Å². The van der Waals surface area contributed by atoms with Crippen molar-refractivity contribution in [2.45, 2.75) is 6.10 Å². The lowest BCUT2D eigenvalue weighted by molar-refractivity contribution is 0.0397. The van der Waals surface area contributed by atoms with Crippen molar-refractivity contribution in [2.24, 2.45) is 0 Å². The fourth-order valence-electron chi connectivity index (χ4n) is 3.50. The van der Waals surface area contributed by atoms with Gasteiger partial charge >= 0.3 is 5.97 Å². The lowest BCUT2D eigenvalue weighted by Crippen LogP contribution is -2.39. The maximum atomic E-state index is 13.0. The Bertz CT molecular complexity index is 1160. The van der Waals surface area contributed by atoms with Crippen LogP contribution in [-0.2, 0) is 9.47 Å². The van der Waals surface area contributed by atoms with E-state index in [-0.39, 0.29) is 16.7 Å². The summed E-state index contributed by atoms with van der Waals surface area (Å²) in [5.41, 5.74) is 1.50. The van der Waals surface area contributed by atoms with Crippen LogP contribution in [0.2, 0.25) is 10.0 Å². The number of halogens is 2. The average molecular weight is 460 g/mol. The van der Waals surface area contributed by atoms with Crippen LogP contribution in [0.1, 0.15) is 22.0 Å². The molecule has 0 bridgehead atoms. The number of aromatic nitrogens is 2. The topological polar surface area (TPSA) is 73.7 Å². The summed E-state index contributed by atoms with van der Waals surface area (Å²) in [6.45, 7) is 1.54. The Morgan fingerprint density at radius 3 is 2.61 bits per heavy atom. The van der Waals surface area contributed by atoms with Gasteiger partial charge in [-0.05, 0) is 29.8 Å². The molecule has 1 fully saturated rings. The molecule has 1 aromatic heterocycles. The van der Waals surface area contributed by atoms with E-state index >= 15 is 0 Å². The first kappa shape index (κ1) is 21.4. The molecule has 0 saturated carbocycles. The molecular weight excluding hydrogens is 441 g/mol. The average Bonchev–Trinajstić information content (AvgIpc) is 2.81. The number of carbonyl (C=O) groups excluding carboxylic acids is 1. The number of morpholine rings is 1. The fourth-order valence-corrected chi connectivity index (χ4v) is 3.88. The minimum atomic E-state index is -0.566. The lowest BCUT2D eigenvalue weighted by atomic mass is 10.1. The second kappa shape index (κ2) is 9.09. The highest BCUT2D eigenvalue weighted by Crippen LogP contribution is 2.29. The van der Waals surface area contributed by atoms with E-state index in [1.54, 1.807) is 24.3 Å². The van der Waals surface area contributed by atoms with Gasteiger partial charge in [0, 0.05) is 18.1 Å². The van der Waals surface area contributed by atoms with Crippen molar-refractivity contribution in [3.8, 4) is 5.69 Å². The van der Waals surface area contributed by atoms with E-state index in [2.05, 4.69) is 5.10 Å². The maximum Gasteiger partial charge on any atom is 0.340 e. The molecule has 0 spiro atoms. The van der Waals surface area contributed by atoms with E-state index in [1.165, 1.54) is 13.3 Å². The molecule has 0 amide bonds. The van der Waals surface area contributed by atoms with E-state index < -0.39 is 11.5 Å². The molecular formula is C22H19Cl2N3O4. The number of esters is 1. The predicted molar refractivity (Wildman–Crippen MR) is 119 cm³/mol. The molecule has 3 aromatic rings. The van der Waals surface area contributed by atoms with Gasteiger partial charge in [0.2, 0.25) is 0 Å². The SMILES string of the molecule is COC(=O)c1ccccc1-n1ncc(N2CCOC(c3ccc(Cl)cc3)C2)c(Cl)c1=O. The second-order valence-corrected chi connectivity index (χ2v) is 7.74. The van der Waals surface area contributed by atoms with Gasteiger partial charge < -0.3 is 14.4 Å². The lowest BCUT2D eigenvalue weighted by Gasteiger charge is -2.35. The van der Waals surface area contributed by atoms with Crippen molar-refractivity contribution >= 4 is 34.9 Å². The zero-order valence-electron chi connectivity index (χ0n) is 16.6. The van der Waals surface area contributed by atoms with Crippen molar-refractivity contribution in [1.29, 1.82) is 0 Å². The number of nitrogens with zero attached hydrogens (tertiary/aromatic N) is 3. The van der Waals surface area contributed by atoms with Crippen LogP contribution < -0.4 is 10.5 Å². The van der Waals surface area contributed by atoms with Crippen molar-refractivity contribution in [3.63, 3.8) is 0 Å². The second-order valence-electron chi connectivity index (χ2n) is 6.93. The third-order valence-corrected chi connectivity index (χ3v) is 5.69. The van der Waals surface area contributed by atoms with Gasteiger partial charge in [-0.1, -0.05) is 47.5 Å². The molecule has 160 valence electrons. The monoisotopic (exact) mass is 459 g/mol. The normalized spacial score (nSPS) is 16.2. The highest BCUT2D eigenvalue weighted by Gasteiger charge is 2.26. The molecule has 1 atom stereocenters. The molecule has 4 rings (SSSR count). The molecule has 7 nitrogen and oxygen atoms in total. The number of rotatable bonds is 4. The van der Waals surface area contributed by atoms with Crippen molar-refractivity contribution in [2.75, 3.05) is 31.7 Å². The minimum absolute atomic E-state index is 0.0198. The third kappa shape index (κ3) is 4.30. The van der Waals surface area contributed by atoms with Crippen LogP contribution in [0.25, 0.3) is 5.69 Å². The van der Waals surface area contributed by atoms with Gasteiger partial charge in [-0.25, -0.2) is 4.79 Å².